The van der Waals surface area contributed by atoms with E-state index in [1.807, 2.05) is 0 Å². The fourth-order valence-corrected chi connectivity index (χ4v) is 5.32. The molecule has 0 saturated carbocycles. The average molecular weight is 430 g/mol. The van der Waals surface area contributed by atoms with E-state index in [4.69, 9.17) is 14.6 Å². The highest BCUT2D eigenvalue weighted by molar-refractivity contribution is 7.10. The van der Waals surface area contributed by atoms with E-state index in [0.29, 0.717) is 32.8 Å². The van der Waals surface area contributed by atoms with E-state index < -0.39 is 6.10 Å². The summed E-state index contributed by atoms with van der Waals surface area (Å²) in [5.41, 5.74) is 6.63. The van der Waals surface area contributed by atoms with Crippen molar-refractivity contribution in [3.8, 4) is 0 Å². The molecule has 1 aliphatic heterocycles. The fraction of sp³-hybridized carbons (Fsp3) is 0.500. The number of rotatable bonds is 8. The second kappa shape index (κ2) is 10.7. The van der Waals surface area contributed by atoms with Crippen molar-refractivity contribution in [2.24, 2.45) is 0 Å². The molecule has 1 fully saturated rings. The summed E-state index contributed by atoms with van der Waals surface area (Å²) in [7, 11) is 0. The van der Waals surface area contributed by atoms with E-state index in [1.54, 1.807) is 11.3 Å². The summed E-state index contributed by atoms with van der Waals surface area (Å²) in [6, 6.07) is 10.7. The highest BCUT2D eigenvalue weighted by Crippen LogP contribution is 2.43. The third-order valence-corrected chi connectivity index (χ3v) is 6.96. The van der Waals surface area contributed by atoms with Crippen LogP contribution < -0.4 is 0 Å². The Balaban J connectivity index is 1.41. The first-order valence-corrected chi connectivity index (χ1v) is 11.7. The quantitative estimate of drug-likeness (QED) is 0.631. The van der Waals surface area contributed by atoms with Gasteiger partial charge in [0.1, 0.15) is 0 Å². The van der Waals surface area contributed by atoms with Crippen LogP contribution in [-0.4, -0.2) is 67.8 Å². The lowest BCUT2D eigenvalue weighted by Gasteiger charge is -2.30. The lowest BCUT2D eigenvalue weighted by molar-refractivity contribution is 0.0260. The number of aliphatic hydroxyl groups excluding tert-OH is 2. The number of nitrogens with zero attached hydrogens (tertiary/aromatic N) is 1. The zero-order valence-corrected chi connectivity index (χ0v) is 18.2. The molecule has 5 nitrogen and oxygen atoms in total. The molecule has 4 rings (SSSR count). The monoisotopic (exact) mass is 429 g/mol. The van der Waals surface area contributed by atoms with Crippen LogP contribution in [0.3, 0.4) is 0 Å². The Labute approximate surface area is 182 Å². The van der Waals surface area contributed by atoms with Gasteiger partial charge in [-0.2, -0.15) is 0 Å². The van der Waals surface area contributed by atoms with Crippen molar-refractivity contribution in [1.82, 2.24) is 4.90 Å². The van der Waals surface area contributed by atoms with Crippen LogP contribution in [0, 0.1) is 0 Å². The van der Waals surface area contributed by atoms with Gasteiger partial charge < -0.3 is 24.6 Å². The number of ether oxygens (including phenoxy) is 2. The van der Waals surface area contributed by atoms with Crippen molar-refractivity contribution in [2.75, 3.05) is 52.7 Å². The molecule has 2 N–H and O–H groups in total. The fourth-order valence-electron chi connectivity index (χ4n) is 4.43. The van der Waals surface area contributed by atoms with Gasteiger partial charge in [0.2, 0.25) is 0 Å². The molecule has 1 aromatic heterocycles. The second-order valence-electron chi connectivity index (χ2n) is 7.84. The minimum atomic E-state index is -0.419. The average Bonchev–Trinajstić information content (AvgIpc) is 3.21. The predicted octanol–water partition coefficient (Wildman–Crippen LogP) is 3.26. The Morgan fingerprint density at radius 2 is 1.73 bits per heavy atom. The normalized spacial score (nSPS) is 19.5. The third kappa shape index (κ3) is 5.02. The lowest BCUT2D eigenvalue weighted by atomic mass is 9.87. The number of fused-ring (bicyclic) bond motifs is 2. The summed E-state index contributed by atoms with van der Waals surface area (Å²) in [5.74, 6) is 0. The zero-order chi connectivity index (χ0) is 20.8. The first-order valence-electron chi connectivity index (χ1n) is 10.8. The molecule has 0 spiro atoms. The Bertz CT molecular complexity index is 852. The van der Waals surface area contributed by atoms with Crippen LogP contribution in [0.2, 0.25) is 0 Å². The maximum absolute atomic E-state index is 10.8. The van der Waals surface area contributed by atoms with Gasteiger partial charge in [-0.25, -0.2) is 0 Å². The number of aliphatic hydroxyl groups is 2. The van der Waals surface area contributed by atoms with Crippen molar-refractivity contribution in [2.45, 2.75) is 25.4 Å². The van der Waals surface area contributed by atoms with Crippen LogP contribution in [-0.2, 0) is 15.9 Å². The summed E-state index contributed by atoms with van der Waals surface area (Å²) >= 11 is 1.67. The number of hydrogen-bond donors (Lipinski definition) is 2. The predicted molar refractivity (Wildman–Crippen MR) is 120 cm³/mol. The molecule has 1 unspecified atom stereocenters. The minimum Gasteiger partial charge on any atom is -0.394 e. The van der Waals surface area contributed by atoms with Crippen LogP contribution >= 0.6 is 11.3 Å². The van der Waals surface area contributed by atoms with Crippen LogP contribution in [0.15, 0.2) is 41.3 Å². The molecule has 6 heteroatoms. The van der Waals surface area contributed by atoms with E-state index >= 15 is 0 Å². The maximum atomic E-state index is 10.8. The van der Waals surface area contributed by atoms with Crippen molar-refractivity contribution in [3.05, 3.63) is 62.9 Å². The van der Waals surface area contributed by atoms with Gasteiger partial charge in [0.05, 0.1) is 39.1 Å². The van der Waals surface area contributed by atoms with Crippen LogP contribution in [0.5, 0.6) is 0 Å². The van der Waals surface area contributed by atoms with E-state index in [0.717, 1.165) is 37.4 Å². The van der Waals surface area contributed by atoms with Crippen LogP contribution in [0.1, 0.15) is 40.5 Å². The van der Waals surface area contributed by atoms with Crippen molar-refractivity contribution in [1.29, 1.82) is 0 Å². The van der Waals surface area contributed by atoms with Crippen molar-refractivity contribution < 1.29 is 19.7 Å². The Hall–Kier alpha value is -1.54. The second-order valence-corrected chi connectivity index (χ2v) is 8.79. The number of benzene rings is 1. The molecule has 0 radical (unpaired) electrons. The Morgan fingerprint density at radius 3 is 2.53 bits per heavy atom. The molecule has 1 saturated heterocycles. The van der Waals surface area contributed by atoms with Crippen LogP contribution in [0.25, 0.3) is 5.57 Å². The van der Waals surface area contributed by atoms with Gasteiger partial charge in [-0.05, 0) is 46.6 Å². The topological polar surface area (TPSA) is 62.2 Å². The van der Waals surface area contributed by atoms with Gasteiger partial charge in [0.25, 0.3) is 0 Å². The summed E-state index contributed by atoms with van der Waals surface area (Å²) in [4.78, 5) is 3.57. The smallest absolute Gasteiger partial charge is 0.0928 e. The maximum Gasteiger partial charge on any atom is 0.0928 e. The van der Waals surface area contributed by atoms with Crippen molar-refractivity contribution >= 4 is 16.9 Å². The number of hydrogen-bond acceptors (Lipinski definition) is 6. The van der Waals surface area contributed by atoms with E-state index in [9.17, 15) is 5.11 Å². The molecule has 1 aromatic carbocycles. The lowest BCUT2D eigenvalue weighted by Crippen LogP contribution is -2.34. The minimum absolute atomic E-state index is 0.0575. The molecule has 1 atom stereocenters. The molecule has 162 valence electrons. The first kappa shape index (κ1) is 21.7. The van der Waals surface area contributed by atoms with E-state index in [2.05, 4.69) is 40.6 Å². The summed E-state index contributed by atoms with van der Waals surface area (Å²) < 4.78 is 10.9. The molecule has 0 bridgehead atoms. The summed E-state index contributed by atoms with van der Waals surface area (Å²) in [5, 5.41) is 21.6. The molecular weight excluding hydrogens is 398 g/mol. The van der Waals surface area contributed by atoms with Gasteiger partial charge in [-0.3, -0.25) is 0 Å². The highest BCUT2D eigenvalue weighted by Gasteiger charge is 2.28. The molecule has 2 aromatic rings. The molecule has 1 aliphatic carbocycles. The molecule has 2 heterocycles. The molecule has 30 heavy (non-hydrogen) atoms. The highest BCUT2D eigenvalue weighted by atomic mass is 32.1. The van der Waals surface area contributed by atoms with Crippen molar-refractivity contribution in [3.63, 3.8) is 0 Å². The standard InChI is InChI=1S/C24H31NO4S/c26-11-13-29-15-14-28-12-10-25-8-5-18(6-9-25)23-20-4-2-1-3-19(20)17-22(27)24-21(23)7-16-30-24/h1-4,7,16,22,26-27H,5-6,8-15,17H2. The largest absolute Gasteiger partial charge is 0.394 e. The molecule has 0 amide bonds. The van der Waals surface area contributed by atoms with E-state index in [-0.39, 0.29) is 6.61 Å². The summed E-state index contributed by atoms with van der Waals surface area (Å²) in [6.45, 7) is 5.25. The third-order valence-electron chi connectivity index (χ3n) is 5.94. The van der Waals surface area contributed by atoms with Crippen LogP contribution in [0.4, 0.5) is 0 Å². The number of likely N-dealkylation sites (tertiary alicyclic amines) is 1. The Kier molecular flexibility index (Phi) is 7.71. The van der Waals surface area contributed by atoms with Gasteiger partial charge in [-0.15, -0.1) is 11.3 Å². The van der Waals surface area contributed by atoms with E-state index in [1.165, 1.54) is 27.8 Å². The van der Waals surface area contributed by atoms with Gasteiger partial charge in [-0.1, -0.05) is 29.8 Å². The molecule has 2 aliphatic rings. The number of piperidine rings is 1. The summed E-state index contributed by atoms with van der Waals surface area (Å²) in [6.07, 6.45) is 2.37. The number of thiophene rings is 1. The Morgan fingerprint density at radius 1 is 0.967 bits per heavy atom. The van der Waals surface area contributed by atoms with Gasteiger partial charge >= 0.3 is 0 Å². The molecular formula is C24H31NO4S. The first-order chi connectivity index (χ1) is 14.8. The zero-order valence-electron chi connectivity index (χ0n) is 17.4. The van der Waals surface area contributed by atoms with Gasteiger partial charge in [0.15, 0.2) is 0 Å². The SMILES string of the molecule is OCCOCCOCCN1CCC(=C2c3ccccc3CC(O)c3sccc32)CC1. The van der Waals surface area contributed by atoms with Gasteiger partial charge in [0, 0.05) is 30.9 Å².